The third-order valence-electron chi connectivity index (χ3n) is 7.44. The highest BCUT2D eigenvalue weighted by Crippen LogP contribution is 2.36. The van der Waals surface area contributed by atoms with E-state index in [1.165, 1.54) is 25.9 Å². The van der Waals surface area contributed by atoms with Crippen molar-refractivity contribution < 1.29 is 4.79 Å². The van der Waals surface area contributed by atoms with E-state index in [-0.39, 0.29) is 5.91 Å². The SMILES string of the molecule is CCN(CCN1CCCC1)c1cccc(Nc2cnc(-c3ccnc4c3ccn4C)c3c2C(=O)NC3)n1. The van der Waals surface area contributed by atoms with E-state index in [1.807, 2.05) is 48.1 Å². The Kier molecular flexibility index (Phi) is 6.21. The number of hydrogen-bond acceptors (Lipinski definition) is 7. The molecule has 4 aromatic heterocycles. The normalized spacial score (nSPS) is 15.2. The zero-order valence-corrected chi connectivity index (χ0v) is 21.4. The van der Waals surface area contributed by atoms with Crippen molar-refractivity contribution >= 4 is 34.3 Å². The number of nitrogens with one attached hydrogen (secondary N) is 2. The number of fused-ring (bicyclic) bond motifs is 2. The van der Waals surface area contributed by atoms with Crippen LogP contribution >= 0.6 is 0 Å². The summed E-state index contributed by atoms with van der Waals surface area (Å²) < 4.78 is 1.99. The maximum Gasteiger partial charge on any atom is 0.254 e. The van der Waals surface area contributed by atoms with Crippen LogP contribution in [0, 0.1) is 0 Å². The Morgan fingerprint density at radius 2 is 2.00 bits per heavy atom. The molecule has 2 aliphatic rings. The topological polar surface area (TPSA) is 91.2 Å². The minimum Gasteiger partial charge on any atom is -0.356 e. The van der Waals surface area contributed by atoms with Gasteiger partial charge in [0.25, 0.3) is 5.91 Å². The van der Waals surface area contributed by atoms with Crippen molar-refractivity contribution in [3.63, 3.8) is 0 Å². The van der Waals surface area contributed by atoms with Gasteiger partial charge in [-0.3, -0.25) is 9.78 Å². The lowest BCUT2D eigenvalue weighted by Gasteiger charge is -2.25. The molecule has 1 fully saturated rings. The van der Waals surface area contributed by atoms with Crippen LogP contribution in [0.25, 0.3) is 22.3 Å². The number of hydrogen-bond donors (Lipinski definition) is 2. The maximum absolute atomic E-state index is 12.9. The number of likely N-dealkylation sites (tertiary alicyclic amines) is 1. The van der Waals surface area contributed by atoms with Crippen LogP contribution in [0.4, 0.5) is 17.3 Å². The molecule has 6 rings (SSSR count). The fourth-order valence-corrected chi connectivity index (χ4v) is 5.45. The summed E-state index contributed by atoms with van der Waals surface area (Å²) in [6.07, 6.45) is 8.12. The van der Waals surface area contributed by atoms with Crippen LogP contribution < -0.4 is 15.5 Å². The Labute approximate surface area is 216 Å². The summed E-state index contributed by atoms with van der Waals surface area (Å²) in [6.45, 7) is 7.87. The van der Waals surface area contributed by atoms with Gasteiger partial charge in [0.1, 0.15) is 17.3 Å². The Hall–Kier alpha value is -3.98. The standard InChI is InChI=1S/C28H32N8O/c1-3-36(16-15-35-12-4-5-13-35)24-8-6-7-23(33-24)32-22-18-30-26(21-17-31-28(37)25(21)22)19-9-11-29-27-20(19)10-14-34(27)2/h6-11,14,18H,3-5,12-13,15-17H2,1-2H3,(H,31,37)(H,32,33). The van der Waals surface area contributed by atoms with Gasteiger partial charge < -0.3 is 25.0 Å². The van der Waals surface area contributed by atoms with Crippen LogP contribution in [0.2, 0.25) is 0 Å². The van der Waals surface area contributed by atoms with E-state index in [1.54, 1.807) is 12.4 Å². The fraction of sp³-hybridized carbons (Fsp3) is 0.357. The van der Waals surface area contributed by atoms with Crippen LogP contribution in [0.1, 0.15) is 35.7 Å². The Balaban J connectivity index is 1.29. The molecule has 9 heteroatoms. The van der Waals surface area contributed by atoms with E-state index >= 15 is 0 Å². The third kappa shape index (κ3) is 4.40. The summed E-state index contributed by atoms with van der Waals surface area (Å²) in [6, 6.07) is 10.00. The second-order valence-electron chi connectivity index (χ2n) is 9.71. The fourth-order valence-electron chi connectivity index (χ4n) is 5.45. The summed E-state index contributed by atoms with van der Waals surface area (Å²) in [5.41, 5.74) is 4.85. The highest BCUT2D eigenvalue weighted by molar-refractivity contribution is 6.06. The van der Waals surface area contributed by atoms with Gasteiger partial charge in [-0.15, -0.1) is 0 Å². The molecule has 6 heterocycles. The zero-order valence-electron chi connectivity index (χ0n) is 21.4. The molecule has 0 radical (unpaired) electrons. The Morgan fingerprint density at radius 1 is 1.14 bits per heavy atom. The van der Waals surface area contributed by atoms with Crippen molar-refractivity contribution in [2.24, 2.45) is 7.05 Å². The van der Waals surface area contributed by atoms with Crippen LogP contribution in [-0.2, 0) is 13.6 Å². The molecule has 0 atom stereocenters. The van der Waals surface area contributed by atoms with Gasteiger partial charge in [-0.05, 0) is 57.1 Å². The molecule has 2 aliphatic heterocycles. The summed E-state index contributed by atoms with van der Waals surface area (Å²) in [5.74, 6) is 1.53. The lowest BCUT2D eigenvalue weighted by Crippen LogP contribution is -2.34. The van der Waals surface area contributed by atoms with Gasteiger partial charge in [0.15, 0.2) is 0 Å². The molecular weight excluding hydrogens is 464 g/mol. The van der Waals surface area contributed by atoms with Crippen molar-refractivity contribution in [2.75, 3.05) is 42.9 Å². The average Bonchev–Trinajstić information content (AvgIpc) is 3.66. The van der Waals surface area contributed by atoms with Gasteiger partial charge >= 0.3 is 0 Å². The van der Waals surface area contributed by atoms with Crippen molar-refractivity contribution in [1.29, 1.82) is 0 Å². The highest BCUT2D eigenvalue weighted by atomic mass is 16.1. The smallest absolute Gasteiger partial charge is 0.254 e. The van der Waals surface area contributed by atoms with Gasteiger partial charge in [0.2, 0.25) is 0 Å². The van der Waals surface area contributed by atoms with Gasteiger partial charge in [-0.1, -0.05) is 6.07 Å². The number of aromatic nitrogens is 4. The van der Waals surface area contributed by atoms with E-state index in [0.717, 1.165) is 53.3 Å². The predicted octanol–water partition coefficient (Wildman–Crippen LogP) is 3.94. The summed E-state index contributed by atoms with van der Waals surface area (Å²) >= 11 is 0. The first kappa shape index (κ1) is 23.4. The van der Waals surface area contributed by atoms with E-state index in [9.17, 15) is 4.79 Å². The van der Waals surface area contributed by atoms with Gasteiger partial charge in [0.05, 0.1) is 23.1 Å². The molecule has 190 valence electrons. The minimum atomic E-state index is -0.100. The number of amides is 1. The number of likely N-dealkylation sites (N-methyl/N-ethyl adjacent to an activating group) is 1. The minimum absolute atomic E-state index is 0.100. The lowest BCUT2D eigenvalue weighted by molar-refractivity contribution is 0.0966. The van der Waals surface area contributed by atoms with E-state index in [0.29, 0.717) is 23.6 Å². The quantitative estimate of drug-likeness (QED) is 0.382. The number of aryl methyl sites for hydroxylation is 1. The molecule has 0 bridgehead atoms. The number of rotatable bonds is 8. The lowest BCUT2D eigenvalue weighted by atomic mass is 10.0. The number of carbonyl (C=O) groups excluding carboxylic acids is 1. The maximum atomic E-state index is 12.9. The van der Waals surface area contributed by atoms with E-state index < -0.39 is 0 Å². The Bertz CT molecular complexity index is 1460. The van der Waals surface area contributed by atoms with Gasteiger partial charge in [-0.25, -0.2) is 9.97 Å². The van der Waals surface area contributed by atoms with Gasteiger partial charge in [0, 0.05) is 62.1 Å². The molecule has 4 aromatic rings. The monoisotopic (exact) mass is 496 g/mol. The highest BCUT2D eigenvalue weighted by Gasteiger charge is 2.28. The predicted molar refractivity (Wildman–Crippen MR) is 146 cm³/mol. The zero-order chi connectivity index (χ0) is 25.4. The summed E-state index contributed by atoms with van der Waals surface area (Å²) in [5, 5.41) is 7.38. The van der Waals surface area contributed by atoms with Crippen molar-refractivity contribution in [1.82, 2.24) is 29.7 Å². The van der Waals surface area contributed by atoms with E-state index in [2.05, 4.69) is 32.3 Å². The van der Waals surface area contributed by atoms with Crippen molar-refractivity contribution in [2.45, 2.75) is 26.3 Å². The van der Waals surface area contributed by atoms with Crippen molar-refractivity contribution in [3.05, 3.63) is 60.0 Å². The molecule has 9 nitrogen and oxygen atoms in total. The Morgan fingerprint density at radius 3 is 2.84 bits per heavy atom. The summed E-state index contributed by atoms with van der Waals surface area (Å²) in [7, 11) is 1.97. The van der Waals surface area contributed by atoms with Gasteiger partial charge in [-0.2, -0.15) is 0 Å². The third-order valence-corrected chi connectivity index (χ3v) is 7.44. The van der Waals surface area contributed by atoms with Crippen LogP contribution in [0.3, 0.4) is 0 Å². The molecule has 37 heavy (non-hydrogen) atoms. The number of carbonyl (C=O) groups is 1. The number of nitrogens with zero attached hydrogens (tertiary/aromatic N) is 6. The summed E-state index contributed by atoms with van der Waals surface area (Å²) in [4.78, 5) is 32.0. The molecule has 0 aromatic carbocycles. The van der Waals surface area contributed by atoms with Crippen LogP contribution in [-0.4, -0.2) is 63.0 Å². The second-order valence-corrected chi connectivity index (χ2v) is 9.71. The number of pyridine rings is 3. The number of anilines is 3. The molecule has 0 saturated carbocycles. The van der Waals surface area contributed by atoms with E-state index in [4.69, 9.17) is 9.97 Å². The molecular formula is C28H32N8O. The first-order valence-corrected chi connectivity index (χ1v) is 13.0. The molecule has 0 unspecified atom stereocenters. The molecule has 1 amide bonds. The molecule has 0 aliphatic carbocycles. The molecule has 0 spiro atoms. The second kappa shape index (κ2) is 9.82. The molecule has 2 N–H and O–H groups in total. The van der Waals surface area contributed by atoms with Crippen LogP contribution in [0.5, 0.6) is 0 Å². The largest absolute Gasteiger partial charge is 0.356 e. The average molecular weight is 497 g/mol. The molecule has 1 saturated heterocycles. The first-order valence-electron chi connectivity index (χ1n) is 13.0. The van der Waals surface area contributed by atoms with Crippen molar-refractivity contribution in [3.8, 4) is 11.3 Å². The first-order chi connectivity index (χ1) is 18.1. The van der Waals surface area contributed by atoms with Crippen LogP contribution in [0.15, 0.2) is 48.9 Å².